The Labute approximate surface area is 179 Å². The molecule has 162 valence electrons. The SMILES string of the molecule is COc1cccc(CN2CCN(C(=O)c3noc4c3CC(C(C)(C)C)CC4)CC2)c1. The minimum Gasteiger partial charge on any atom is -0.497 e. The van der Waals surface area contributed by atoms with Crippen LogP contribution in [0, 0.1) is 11.3 Å². The summed E-state index contributed by atoms with van der Waals surface area (Å²) in [5, 5.41) is 4.20. The second-order valence-corrected chi connectivity index (χ2v) is 9.66. The summed E-state index contributed by atoms with van der Waals surface area (Å²) < 4.78 is 10.9. The average Bonchev–Trinajstić information content (AvgIpc) is 3.16. The number of carbonyl (C=O) groups excluding carboxylic acids is 1. The zero-order chi connectivity index (χ0) is 21.3. The van der Waals surface area contributed by atoms with E-state index in [1.54, 1.807) is 7.11 Å². The van der Waals surface area contributed by atoms with Gasteiger partial charge in [0.1, 0.15) is 11.5 Å². The first-order chi connectivity index (χ1) is 14.3. The van der Waals surface area contributed by atoms with Gasteiger partial charge in [0.05, 0.1) is 7.11 Å². The minimum absolute atomic E-state index is 0.0237. The smallest absolute Gasteiger partial charge is 0.276 e. The first kappa shape index (κ1) is 20.9. The van der Waals surface area contributed by atoms with E-state index in [2.05, 4.69) is 43.0 Å². The number of piperazine rings is 1. The van der Waals surface area contributed by atoms with Gasteiger partial charge in [-0.15, -0.1) is 0 Å². The Morgan fingerprint density at radius 2 is 2.00 bits per heavy atom. The van der Waals surface area contributed by atoms with Gasteiger partial charge in [0.25, 0.3) is 5.91 Å². The molecule has 1 unspecified atom stereocenters. The second kappa shape index (κ2) is 8.42. The van der Waals surface area contributed by atoms with E-state index in [4.69, 9.17) is 9.26 Å². The quantitative estimate of drug-likeness (QED) is 0.766. The molecule has 1 saturated heterocycles. The van der Waals surface area contributed by atoms with Gasteiger partial charge >= 0.3 is 0 Å². The number of benzene rings is 1. The summed E-state index contributed by atoms with van der Waals surface area (Å²) >= 11 is 0. The lowest BCUT2D eigenvalue weighted by atomic mass is 9.71. The van der Waals surface area contributed by atoms with Crippen molar-refractivity contribution in [2.75, 3.05) is 33.3 Å². The number of hydrogen-bond donors (Lipinski definition) is 0. The fourth-order valence-electron chi connectivity index (χ4n) is 4.60. The molecule has 1 aliphatic heterocycles. The first-order valence-corrected chi connectivity index (χ1v) is 11.0. The number of fused-ring (bicyclic) bond motifs is 1. The van der Waals surface area contributed by atoms with Crippen LogP contribution in [0.2, 0.25) is 0 Å². The lowest BCUT2D eigenvalue weighted by molar-refractivity contribution is 0.0617. The Morgan fingerprint density at radius 3 is 2.70 bits per heavy atom. The number of aromatic nitrogens is 1. The van der Waals surface area contributed by atoms with E-state index < -0.39 is 0 Å². The molecule has 1 fully saturated rings. The molecule has 6 nitrogen and oxygen atoms in total. The third-order valence-electron chi connectivity index (χ3n) is 6.67. The molecule has 0 bridgehead atoms. The summed E-state index contributed by atoms with van der Waals surface area (Å²) in [6, 6.07) is 8.17. The summed E-state index contributed by atoms with van der Waals surface area (Å²) in [5.41, 5.74) is 3.04. The molecule has 1 amide bonds. The van der Waals surface area contributed by atoms with Crippen LogP contribution in [-0.2, 0) is 19.4 Å². The van der Waals surface area contributed by atoms with Crippen molar-refractivity contribution >= 4 is 5.91 Å². The number of amides is 1. The molecule has 1 aromatic heterocycles. The number of hydrogen-bond acceptors (Lipinski definition) is 5. The average molecular weight is 412 g/mol. The van der Waals surface area contributed by atoms with E-state index in [9.17, 15) is 4.79 Å². The van der Waals surface area contributed by atoms with Crippen LogP contribution in [0.15, 0.2) is 28.8 Å². The summed E-state index contributed by atoms with van der Waals surface area (Å²) in [6.07, 6.45) is 2.87. The number of rotatable bonds is 4. The summed E-state index contributed by atoms with van der Waals surface area (Å²) in [6.45, 7) is 10.8. The molecule has 4 rings (SSSR count). The topological polar surface area (TPSA) is 58.8 Å². The highest BCUT2D eigenvalue weighted by Crippen LogP contribution is 2.38. The highest BCUT2D eigenvalue weighted by atomic mass is 16.5. The lowest BCUT2D eigenvalue weighted by Crippen LogP contribution is -2.48. The molecule has 30 heavy (non-hydrogen) atoms. The number of ether oxygens (including phenoxy) is 1. The molecule has 1 aliphatic carbocycles. The second-order valence-electron chi connectivity index (χ2n) is 9.66. The molecule has 0 spiro atoms. The fraction of sp³-hybridized carbons (Fsp3) is 0.583. The largest absolute Gasteiger partial charge is 0.497 e. The van der Waals surface area contributed by atoms with Gasteiger partial charge in [-0.1, -0.05) is 38.1 Å². The standard InChI is InChI=1S/C24H33N3O3/c1-24(2,3)18-8-9-21-20(15-18)22(25-30-21)23(28)27-12-10-26(11-13-27)16-17-6-5-7-19(14-17)29-4/h5-7,14,18H,8-13,15-16H2,1-4H3. The van der Waals surface area contributed by atoms with Gasteiger partial charge in [-0.05, 0) is 41.9 Å². The van der Waals surface area contributed by atoms with Gasteiger partial charge in [-0.2, -0.15) is 0 Å². The van der Waals surface area contributed by atoms with Crippen LogP contribution >= 0.6 is 0 Å². The molecule has 1 aromatic carbocycles. The van der Waals surface area contributed by atoms with Crippen molar-refractivity contribution in [2.45, 2.75) is 46.6 Å². The van der Waals surface area contributed by atoms with E-state index in [1.165, 1.54) is 5.56 Å². The molecular formula is C24H33N3O3. The fourth-order valence-corrected chi connectivity index (χ4v) is 4.60. The van der Waals surface area contributed by atoms with Crippen molar-refractivity contribution in [1.29, 1.82) is 0 Å². The Hall–Kier alpha value is -2.34. The van der Waals surface area contributed by atoms with Crippen LogP contribution in [0.25, 0.3) is 0 Å². The monoisotopic (exact) mass is 411 g/mol. The minimum atomic E-state index is 0.0237. The Morgan fingerprint density at radius 1 is 1.23 bits per heavy atom. The molecule has 2 aromatic rings. The van der Waals surface area contributed by atoms with Crippen LogP contribution < -0.4 is 4.74 Å². The van der Waals surface area contributed by atoms with E-state index in [0.29, 0.717) is 24.7 Å². The molecule has 1 atom stereocenters. The normalized spacial score (nSPS) is 20.1. The zero-order valence-electron chi connectivity index (χ0n) is 18.6. The number of methoxy groups -OCH3 is 1. The van der Waals surface area contributed by atoms with Crippen molar-refractivity contribution < 1.29 is 14.1 Å². The highest BCUT2D eigenvalue weighted by Gasteiger charge is 2.35. The molecule has 0 N–H and O–H groups in total. The van der Waals surface area contributed by atoms with Gasteiger partial charge in [0.15, 0.2) is 5.69 Å². The third kappa shape index (κ3) is 4.38. The van der Waals surface area contributed by atoms with Crippen molar-refractivity contribution in [3.63, 3.8) is 0 Å². The lowest BCUT2D eigenvalue weighted by Gasteiger charge is -2.35. The van der Waals surface area contributed by atoms with Gasteiger partial charge in [0.2, 0.25) is 0 Å². The predicted molar refractivity (Wildman–Crippen MR) is 116 cm³/mol. The van der Waals surface area contributed by atoms with Crippen molar-refractivity contribution in [3.8, 4) is 5.75 Å². The highest BCUT2D eigenvalue weighted by molar-refractivity contribution is 5.94. The van der Waals surface area contributed by atoms with Crippen LogP contribution in [0.4, 0.5) is 0 Å². The summed E-state index contributed by atoms with van der Waals surface area (Å²) in [7, 11) is 1.69. The van der Waals surface area contributed by atoms with Crippen LogP contribution in [0.3, 0.4) is 0 Å². The van der Waals surface area contributed by atoms with Crippen LogP contribution in [0.5, 0.6) is 5.75 Å². The first-order valence-electron chi connectivity index (χ1n) is 11.0. The van der Waals surface area contributed by atoms with E-state index in [-0.39, 0.29) is 11.3 Å². The van der Waals surface area contributed by atoms with Crippen molar-refractivity contribution in [2.24, 2.45) is 11.3 Å². The summed E-state index contributed by atoms with van der Waals surface area (Å²) in [5.74, 6) is 2.37. The van der Waals surface area contributed by atoms with E-state index in [1.807, 2.05) is 17.0 Å². The van der Waals surface area contributed by atoms with E-state index >= 15 is 0 Å². The Balaban J connectivity index is 1.38. The maximum atomic E-state index is 13.2. The van der Waals surface area contributed by atoms with Crippen LogP contribution in [0.1, 0.15) is 54.6 Å². The molecule has 2 aliphatic rings. The van der Waals surface area contributed by atoms with Gasteiger partial charge in [-0.25, -0.2) is 0 Å². The maximum absolute atomic E-state index is 13.2. The molecule has 2 heterocycles. The van der Waals surface area contributed by atoms with Crippen molar-refractivity contribution in [3.05, 3.63) is 46.8 Å². The molecular weight excluding hydrogens is 378 g/mol. The third-order valence-corrected chi connectivity index (χ3v) is 6.67. The number of nitrogens with zero attached hydrogens (tertiary/aromatic N) is 3. The maximum Gasteiger partial charge on any atom is 0.276 e. The molecule has 6 heteroatoms. The van der Waals surface area contributed by atoms with Crippen LogP contribution in [-0.4, -0.2) is 54.2 Å². The van der Waals surface area contributed by atoms with Crippen molar-refractivity contribution in [1.82, 2.24) is 15.0 Å². The van der Waals surface area contributed by atoms with Gasteiger partial charge in [0, 0.05) is 44.7 Å². The number of carbonyl (C=O) groups is 1. The Bertz CT molecular complexity index is 891. The van der Waals surface area contributed by atoms with E-state index in [0.717, 1.165) is 56.0 Å². The molecule has 0 saturated carbocycles. The molecule has 0 radical (unpaired) electrons. The Kier molecular flexibility index (Phi) is 5.87. The summed E-state index contributed by atoms with van der Waals surface area (Å²) in [4.78, 5) is 17.5. The zero-order valence-corrected chi connectivity index (χ0v) is 18.6. The predicted octanol–water partition coefficient (Wildman–Crippen LogP) is 3.79. The van der Waals surface area contributed by atoms with Gasteiger partial charge < -0.3 is 14.2 Å². The number of aryl methyl sites for hydroxylation is 1. The van der Waals surface area contributed by atoms with Gasteiger partial charge in [-0.3, -0.25) is 9.69 Å².